The van der Waals surface area contributed by atoms with Gasteiger partial charge in [-0.05, 0) is 31.7 Å². The number of nitrogens with zero attached hydrogens (tertiary/aromatic N) is 2. The minimum Gasteiger partial charge on any atom is -0.333 e. The summed E-state index contributed by atoms with van der Waals surface area (Å²) in [6.45, 7) is 12.0. The zero-order valence-corrected chi connectivity index (χ0v) is 14.0. The summed E-state index contributed by atoms with van der Waals surface area (Å²) >= 11 is 0. The van der Waals surface area contributed by atoms with Crippen molar-refractivity contribution >= 4 is 11.8 Å². The maximum absolute atomic E-state index is 12.7. The molecule has 1 aliphatic rings. The summed E-state index contributed by atoms with van der Waals surface area (Å²) in [5.41, 5.74) is 0. The number of rotatable bonds is 5. The van der Waals surface area contributed by atoms with Gasteiger partial charge in [0.2, 0.25) is 0 Å². The van der Waals surface area contributed by atoms with E-state index in [1.165, 1.54) is 0 Å². The normalized spacial score (nSPS) is 16.2. The van der Waals surface area contributed by atoms with Crippen LogP contribution in [0.5, 0.6) is 0 Å². The van der Waals surface area contributed by atoms with Crippen LogP contribution in [-0.4, -0.2) is 60.4 Å². The van der Waals surface area contributed by atoms with E-state index in [4.69, 9.17) is 0 Å². The number of hydrogen-bond donors (Lipinski definition) is 1. The Balaban J connectivity index is 2.79. The lowest BCUT2D eigenvalue weighted by molar-refractivity contribution is -0.153. The zero-order chi connectivity index (χ0) is 15.8. The van der Waals surface area contributed by atoms with Crippen molar-refractivity contribution < 1.29 is 9.59 Å². The van der Waals surface area contributed by atoms with Gasteiger partial charge in [0.1, 0.15) is 0 Å². The van der Waals surface area contributed by atoms with Gasteiger partial charge in [0.15, 0.2) is 0 Å². The van der Waals surface area contributed by atoms with Crippen molar-refractivity contribution in [1.82, 2.24) is 15.1 Å². The van der Waals surface area contributed by atoms with Crippen LogP contribution in [0.4, 0.5) is 0 Å². The fourth-order valence-corrected chi connectivity index (χ4v) is 2.83. The maximum atomic E-state index is 12.7. The maximum Gasteiger partial charge on any atom is 0.312 e. The Labute approximate surface area is 129 Å². The van der Waals surface area contributed by atoms with Crippen LogP contribution in [0.2, 0.25) is 0 Å². The molecule has 0 bridgehead atoms. The Kier molecular flexibility index (Phi) is 7.72. The van der Waals surface area contributed by atoms with Crippen molar-refractivity contribution in [3.05, 3.63) is 0 Å². The van der Waals surface area contributed by atoms with Crippen LogP contribution < -0.4 is 5.32 Å². The van der Waals surface area contributed by atoms with E-state index in [-0.39, 0.29) is 17.9 Å². The molecule has 5 nitrogen and oxygen atoms in total. The average molecular weight is 297 g/mol. The molecule has 0 radical (unpaired) electrons. The quantitative estimate of drug-likeness (QED) is 0.782. The summed E-state index contributed by atoms with van der Waals surface area (Å²) in [7, 11) is 0. The second kappa shape index (κ2) is 9.03. The van der Waals surface area contributed by atoms with Gasteiger partial charge in [-0.3, -0.25) is 9.59 Å². The first-order chi connectivity index (χ1) is 10.0. The first-order valence-corrected chi connectivity index (χ1v) is 8.31. The molecule has 1 aliphatic heterocycles. The summed E-state index contributed by atoms with van der Waals surface area (Å²) in [4.78, 5) is 28.7. The van der Waals surface area contributed by atoms with Gasteiger partial charge in [0, 0.05) is 32.2 Å². The topological polar surface area (TPSA) is 52.7 Å². The number of carbonyl (C=O) groups excluding carboxylic acids is 2. The van der Waals surface area contributed by atoms with Crippen LogP contribution in [0.25, 0.3) is 0 Å². The van der Waals surface area contributed by atoms with Gasteiger partial charge in [-0.1, -0.05) is 27.7 Å². The molecule has 1 fully saturated rings. The standard InChI is InChI=1S/C16H31N3O2/c1-5-14(6-2)19(12-13(3)4)16(21)15(20)18-10-7-8-17-9-11-18/h13-14,17H,5-12H2,1-4H3. The largest absolute Gasteiger partial charge is 0.333 e. The highest BCUT2D eigenvalue weighted by Crippen LogP contribution is 2.13. The molecule has 0 aromatic carbocycles. The number of nitrogens with one attached hydrogen (secondary N) is 1. The van der Waals surface area contributed by atoms with Crippen molar-refractivity contribution in [3.8, 4) is 0 Å². The molecule has 1 rings (SSSR count). The number of carbonyl (C=O) groups is 2. The fraction of sp³-hybridized carbons (Fsp3) is 0.875. The minimum atomic E-state index is -0.328. The zero-order valence-electron chi connectivity index (χ0n) is 14.0. The van der Waals surface area contributed by atoms with E-state index >= 15 is 0 Å². The van der Waals surface area contributed by atoms with E-state index in [2.05, 4.69) is 33.0 Å². The highest BCUT2D eigenvalue weighted by Gasteiger charge is 2.30. The van der Waals surface area contributed by atoms with E-state index in [0.717, 1.165) is 32.4 Å². The van der Waals surface area contributed by atoms with Crippen LogP contribution in [0.1, 0.15) is 47.0 Å². The van der Waals surface area contributed by atoms with Crippen molar-refractivity contribution in [2.45, 2.75) is 53.0 Å². The van der Waals surface area contributed by atoms with Gasteiger partial charge in [-0.15, -0.1) is 0 Å². The smallest absolute Gasteiger partial charge is 0.312 e. The van der Waals surface area contributed by atoms with Crippen LogP contribution in [0, 0.1) is 5.92 Å². The fourth-order valence-electron chi connectivity index (χ4n) is 2.83. The van der Waals surface area contributed by atoms with Crippen molar-refractivity contribution in [2.24, 2.45) is 5.92 Å². The molecule has 0 aromatic rings. The first-order valence-electron chi connectivity index (χ1n) is 8.31. The number of amides is 2. The van der Waals surface area contributed by atoms with Crippen LogP contribution in [-0.2, 0) is 9.59 Å². The van der Waals surface area contributed by atoms with Gasteiger partial charge in [-0.2, -0.15) is 0 Å². The molecule has 0 aliphatic carbocycles. The summed E-state index contributed by atoms with van der Waals surface area (Å²) < 4.78 is 0. The third kappa shape index (κ3) is 5.30. The molecule has 0 atom stereocenters. The van der Waals surface area contributed by atoms with E-state index in [1.807, 2.05) is 0 Å². The molecule has 1 heterocycles. The van der Waals surface area contributed by atoms with Crippen LogP contribution in [0.15, 0.2) is 0 Å². The lowest BCUT2D eigenvalue weighted by atomic mass is 10.1. The molecule has 0 unspecified atom stereocenters. The van der Waals surface area contributed by atoms with Crippen molar-refractivity contribution in [1.29, 1.82) is 0 Å². The highest BCUT2D eigenvalue weighted by atomic mass is 16.2. The third-order valence-corrected chi connectivity index (χ3v) is 4.02. The molecule has 0 saturated carbocycles. The second-order valence-corrected chi connectivity index (χ2v) is 6.22. The summed E-state index contributed by atoms with van der Waals surface area (Å²) in [5, 5.41) is 3.26. The lowest BCUT2D eigenvalue weighted by Crippen LogP contribution is -2.50. The Morgan fingerprint density at radius 1 is 1.14 bits per heavy atom. The van der Waals surface area contributed by atoms with Crippen LogP contribution >= 0.6 is 0 Å². The molecule has 5 heteroatoms. The molecule has 0 aromatic heterocycles. The van der Waals surface area contributed by atoms with Gasteiger partial charge in [-0.25, -0.2) is 0 Å². The Morgan fingerprint density at radius 2 is 1.81 bits per heavy atom. The Morgan fingerprint density at radius 3 is 2.38 bits per heavy atom. The summed E-state index contributed by atoms with van der Waals surface area (Å²) in [5.74, 6) is -0.279. The third-order valence-electron chi connectivity index (χ3n) is 4.02. The van der Waals surface area contributed by atoms with E-state index in [0.29, 0.717) is 25.6 Å². The molecule has 0 spiro atoms. The molecule has 1 N–H and O–H groups in total. The van der Waals surface area contributed by atoms with Crippen LogP contribution in [0.3, 0.4) is 0 Å². The molecule has 21 heavy (non-hydrogen) atoms. The van der Waals surface area contributed by atoms with Gasteiger partial charge >= 0.3 is 11.8 Å². The van der Waals surface area contributed by atoms with Crippen molar-refractivity contribution in [3.63, 3.8) is 0 Å². The van der Waals surface area contributed by atoms with Gasteiger partial charge in [0.25, 0.3) is 0 Å². The monoisotopic (exact) mass is 297 g/mol. The minimum absolute atomic E-state index is 0.161. The Hall–Kier alpha value is -1.10. The van der Waals surface area contributed by atoms with Gasteiger partial charge in [0.05, 0.1) is 0 Å². The SMILES string of the molecule is CCC(CC)N(CC(C)C)C(=O)C(=O)N1CCCNCC1. The number of hydrogen-bond acceptors (Lipinski definition) is 3. The Bertz CT molecular complexity index is 332. The van der Waals surface area contributed by atoms with Crippen molar-refractivity contribution in [2.75, 3.05) is 32.7 Å². The molecular weight excluding hydrogens is 266 g/mol. The van der Waals surface area contributed by atoms with Gasteiger partial charge < -0.3 is 15.1 Å². The second-order valence-electron chi connectivity index (χ2n) is 6.22. The van der Waals surface area contributed by atoms with E-state index in [9.17, 15) is 9.59 Å². The summed E-state index contributed by atoms with van der Waals surface area (Å²) in [6, 6.07) is 0.161. The first kappa shape index (κ1) is 18.0. The molecule has 2 amide bonds. The van der Waals surface area contributed by atoms with E-state index < -0.39 is 0 Å². The molecular formula is C16H31N3O2. The lowest BCUT2D eigenvalue weighted by Gasteiger charge is -2.33. The predicted octanol–water partition coefficient (Wildman–Crippen LogP) is 1.48. The predicted molar refractivity (Wildman–Crippen MR) is 85.0 cm³/mol. The summed E-state index contributed by atoms with van der Waals surface area (Å²) in [6.07, 6.45) is 2.70. The van der Waals surface area contributed by atoms with E-state index in [1.54, 1.807) is 9.80 Å². The average Bonchev–Trinajstić information content (AvgIpc) is 2.74. The molecule has 1 saturated heterocycles. The highest BCUT2D eigenvalue weighted by molar-refractivity contribution is 6.35. The molecule has 122 valence electrons.